The number of benzene rings is 2. The van der Waals surface area contributed by atoms with Crippen molar-refractivity contribution in [1.82, 2.24) is 9.80 Å². The maximum atomic E-state index is 12.6. The number of aliphatic hydroxyl groups is 1. The van der Waals surface area contributed by atoms with Crippen molar-refractivity contribution < 1.29 is 14.7 Å². The van der Waals surface area contributed by atoms with Gasteiger partial charge in [-0.05, 0) is 30.4 Å². The largest absolute Gasteiger partial charge is 0.389 e. The Morgan fingerprint density at radius 2 is 1.54 bits per heavy atom. The van der Waals surface area contributed by atoms with E-state index in [-0.39, 0.29) is 31.4 Å². The molecule has 0 spiro atoms. The Morgan fingerprint density at radius 1 is 0.929 bits per heavy atom. The number of rotatable bonds is 7. The van der Waals surface area contributed by atoms with Crippen LogP contribution in [0, 0.1) is 0 Å². The van der Waals surface area contributed by atoms with E-state index in [2.05, 4.69) is 12.1 Å². The number of amides is 2. The first-order valence-corrected chi connectivity index (χ1v) is 9.93. The first-order valence-electron chi connectivity index (χ1n) is 9.93. The van der Waals surface area contributed by atoms with E-state index in [1.165, 1.54) is 10.5 Å². The molecule has 1 aliphatic heterocycles. The van der Waals surface area contributed by atoms with Gasteiger partial charge in [0.25, 0.3) is 0 Å². The minimum Gasteiger partial charge on any atom is -0.389 e. The first-order chi connectivity index (χ1) is 13.6. The van der Waals surface area contributed by atoms with E-state index < -0.39 is 6.10 Å². The molecule has 0 bridgehead atoms. The molecule has 3 rings (SSSR count). The van der Waals surface area contributed by atoms with Crippen molar-refractivity contribution in [3.63, 3.8) is 0 Å². The number of aliphatic hydroxyl groups excluding tert-OH is 1. The standard InChI is InChI=1S/C23H28N2O3/c26-21-16-24(15-7-12-19-8-3-1-4-9-19)23(28)18-25(17-21)22(27)14-13-20-10-5-2-6-11-20/h1-6,8-11,21,26H,7,12-18H2. The highest BCUT2D eigenvalue weighted by Gasteiger charge is 2.28. The lowest BCUT2D eigenvalue weighted by Crippen LogP contribution is -2.39. The van der Waals surface area contributed by atoms with Crippen LogP contribution >= 0.6 is 0 Å². The average Bonchev–Trinajstić information content (AvgIpc) is 2.86. The van der Waals surface area contributed by atoms with Gasteiger partial charge in [-0.1, -0.05) is 60.7 Å². The van der Waals surface area contributed by atoms with Crippen molar-refractivity contribution in [3.05, 3.63) is 71.8 Å². The normalized spacial score (nSPS) is 17.5. The van der Waals surface area contributed by atoms with Gasteiger partial charge in [0.1, 0.15) is 0 Å². The van der Waals surface area contributed by atoms with Crippen molar-refractivity contribution in [2.45, 2.75) is 31.8 Å². The lowest BCUT2D eigenvalue weighted by atomic mass is 10.1. The Bertz CT molecular complexity index is 764. The van der Waals surface area contributed by atoms with Gasteiger partial charge in [-0.2, -0.15) is 0 Å². The number of β-amino-alcohol motifs (C(OH)–C–C–N with tert-alkyl or cyclic N) is 1. The van der Waals surface area contributed by atoms with Gasteiger partial charge in [-0.25, -0.2) is 0 Å². The molecular formula is C23H28N2O3. The molecule has 1 unspecified atom stereocenters. The summed E-state index contributed by atoms with van der Waals surface area (Å²) in [5.74, 6) is -0.167. The first kappa shape index (κ1) is 20.1. The van der Waals surface area contributed by atoms with Crippen LogP contribution in [-0.4, -0.2) is 59.0 Å². The van der Waals surface area contributed by atoms with E-state index in [1.807, 2.05) is 48.5 Å². The van der Waals surface area contributed by atoms with Gasteiger partial charge in [-0.15, -0.1) is 0 Å². The molecule has 28 heavy (non-hydrogen) atoms. The van der Waals surface area contributed by atoms with Crippen molar-refractivity contribution in [2.75, 3.05) is 26.2 Å². The van der Waals surface area contributed by atoms with E-state index in [9.17, 15) is 14.7 Å². The molecule has 2 aromatic carbocycles. The number of hydrogen-bond acceptors (Lipinski definition) is 3. The van der Waals surface area contributed by atoms with Crippen LogP contribution in [0.2, 0.25) is 0 Å². The number of hydrogen-bond donors (Lipinski definition) is 1. The van der Waals surface area contributed by atoms with Crippen LogP contribution < -0.4 is 0 Å². The molecule has 0 aromatic heterocycles. The van der Waals surface area contributed by atoms with Gasteiger partial charge in [0.15, 0.2) is 0 Å². The molecule has 0 aliphatic carbocycles. The highest BCUT2D eigenvalue weighted by atomic mass is 16.3. The van der Waals surface area contributed by atoms with Crippen LogP contribution in [0.1, 0.15) is 24.0 Å². The monoisotopic (exact) mass is 380 g/mol. The minimum absolute atomic E-state index is 0.0516. The fourth-order valence-electron chi connectivity index (χ4n) is 3.57. The molecule has 148 valence electrons. The molecule has 5 heteroatoms. The van der Waals surface area contributed by atoms with E-state index in [4.69, 9.17) is 0 Å². The second kappa shape index (κ2) is 10.0. The van der Waals surface area contributed by atoms with Crippen LogP contribution in [-0.2, 0) is 22.4 Å². The van der Waals surface area contributed by atoms with Crippen molar-refractivity contribution in [2.24, 2.45) is 0 Å². The summed E-state index contributed by atoms with van der Waals surface area (Å²) in [6.07, 6.45) is 2.01. The zero-order valence-corrected chi connectivity index (χ0v) is 16.2. The predicted octanol–water partition coefficient (Wildman–Crippen LogP) is 2.28. The Morgan fingerprint density at radius 3 is 2.18 bits per heavy atom. The zero-order valence-electron chi connectivity index (χ0n) is 16.2. The zero-order chi connectivity index (χ0) is 19.8. The molecule has 1 atom stereocenters. The van der Waals surface area contributed by atoms with Crippen LogP contribution in [0.5, 0.6) is 0 Å². The topological polar surface area (TPSA) is 60.9 Å². The van der Waals surface area contributed by atoms with Crippen molar-refractivity contribution >= 4 is 11.8 Å². The lowest BCUT2D eigenvalue weighted by molar-refractivity contribution is -0.138. The van der Waals surface area contributed by atoms with Crippen LogP contribution in [0.4, 0.5) is 0 Å². The molecule has 1 saturated heterocycles. The molecule has 0 radical (unpaired) electrons. The van der Waals surface area contributed by atoms with Crippen LogP contribution in [0.15, 0.2) is 60.7 Å². The molecular weight excluding hydrogens is 352 g/mol. The highest BCUT2D eigenvalue weighted by molar-refractivity contribution is 5.85. The average molecular weight is 380 g/mol. The molecule has 0 saturated carbocycles. The van der Waals surface area contributed by atoms with Crippen molar-refractivity contribution in [1.29, 1.82) is 0 Å². The van der Waals surface area contributed by atoms with Crippen molar-refractivity contribution in [3.8, 4) is 0 Å². The fourth-order valence-corrected chi connectivity index (χ4v) is 3.57. The summed E-state index contributed by atoms with van der Waals surface area (Å²) < 4.78 is 0. The quantitative estimate of drug-likeness (QED) is 0.802. The number of aryl methyl sites for hydroxylation is 2. The maximum Gasteiger partial charge on any atom is 0.242 e. The third kappa shape index (κ3) is 5.92. The molecule has 1 fully saturated rings. The molecule has 5 nitrogen and oxygen atoms in total. The van der Waals surface area contributed by atoms with Crippen LogP contribution in [0.3, 0.4) is 0 Å². The smallest absolute Gasteiger partial charge is 0.242 e. The fraction of sp³-hybridized carbons (Fsp3) is 0.391. The highest BCUT2D eigenvalue weighted by Crippen LogP contribution is 2.11. The Hall–Kier alpha value is -2.66. The number of nitrogens with zero attached hydrogens (tertiary/aromatic N) is 2. The predicted molar refractivity (Wildman–Crippen MR) is 109 cm³/mol. The Labute approximate surface area is 166 Å². The third-order valence-corrected chi connectivity index (χ3v) is 5.10. The summed E-state index contributed by atoms with van der Waals surface area (Å²) in [5, 5.41) is 10.3. The summed E-state index contributed by atoms with van der Waals surface area (Å²) in [7, 11) is 0. The van der Waals surface area contributed by atoms with Gasteiger partial charge >= 0.3 is 0 Å². The number of carbonyl (C=O) groups excluding carboxylic acids is 2. The van der Waals surface area contributed by atoms with Gasteiger partial charge in [-0.3, -0.25) is 9.59 Å². The Balaban J connectivity index is 1.50. The molecule has 1 aliphatic rings. The summed E-state index contributed by atoms with van der Waals surface area (Å²) in [6, 6.07) is 20.0. The summed E-state index contributed by atoms with van der Waals surface area (Å²) in [5.41, 5.74) is 2.34. The van der Waals surface area contributed by atoms with E-state index in [1.54, 1.807) is 4.90 Å². The molecule has 1 N–H and O–H groups in total. The van der Waals surface area contributed by atoms with E-state index >= 15 is 0 Å². The SMILES string of the molecule is O=C1CN(C(=O)CCc2ccccc2)CC(O)CN1CCCc1ccccc1. The van der Waals surface area contributed by atoms with E-state index in [0.29, 0.717) is 19.4 Å². The van der Waals surface area contributed by atoms with Gasteiger partial charge in [0.05, 0.1) is 12.6 Å². The third-order valence-electron chi connectivity index (χ3n) is 5.10. The number of carbonyl (C=O) groups is 2. The lowest BCUT2D eigenvalue weighted by Gasteiger charge is -2.22. The minimum atomic E-state index is -0.705. The summed E-state index contributed by atoms with van der Waals surface area (Å²) in [6.45, 7) is 1.15. The summed E-state index contributed by atoms with van der Waals surface area (Å²) >= 11 is 0. The van der Waals surface area contributed by atoms with Crippen LogP contribution in [0.25, 0.3) is 0 Å². The van der Waals surface area contributed by atoms with Gasteiger partial charge < -0.3 is 14.9 Å². The maximum absolute atomic E-state index is 12.6. The molecule has 1 heterocycles. The van der Waals surface area contributed by atoms with Gasteiger partial charge in [0, 0.05) is 26.1 Å². The second-order valence-corrected chi connectivity index (χ2v) is 7.34. The van der Waals surface area contributed by atoms with Gasteiger partial charge in [0.2, 0.25) is 11.8 Å². The summed E-state index contributed by atoms with van der Waals surface area (Å²) in [4.78, 5) is 28.4. The van der Waals surface area contributed by atoms with E-state index in [0.717, 1.165) is 18.4 Å². The molecule has 2 aromatic rings. The Kier molecular flexibility index (Phi) is 7.20. The molecule has 2 amide bonds. The second-order valence-electron chi connectivity index (χ2n) is 7.34.